The first-order chi connectivity index (χ1) is 23.1. The molecule has 0 spiro atoms. The number of aromatic nitrogens is 3. The van der Waals surface area contributed by atoms with Crippen LogP contribution < -0.4 is 25.8 Å². The second-order valence-electron chi connectivity index (χ2n) is 11.9. The van der Waals surface area contributed by atoms with Crippen molar-refractivity contribution < 1.29 is 61.2 Å². The van der Waals surface area contributed by atoms with Crippen LogP contribution in [0.1, 0.15) is 19.5 Å². The van der Waals surface area contributed by atoms with Gasteiger partial charge in [0.05, 0.1) is 17.5 Å². The van der Waals surface area contributed by atoms with Crippen LogP contribution in [0.5, 0.6) is 5.75 Å². The number of carbonyl (C=O) groups excluding carboxylic acids is 2. The van der Waals surface area contributed by atoms with Crippen molar-refractivity contribution in [3.8, 4) is 5.75 Å². The summed E-state index contributed by atoms with van der Waals surface area (Å²) in [6.07, 6.45) is -0.837. The number of hydrogen-bond acceptors (Lipinski definition) is 15. The summed E-state index contributed by atoms with van der Waals surface area (Å²) in [5, 5.41) is 41.1. The third-order valence-corrected chi connectivity index (χ3v) is 8.84. The minimum Gasteiger partial charge on any atom is -0.489 e. The molecule has 2 aliphatic rings. The summed E-state index contributed by atoms with van der Waals surface area (Å²) in [4.78, 5) is 47.1. The number of aliphatic carboxylic acids is 1. The number of fused-ring (bicyclic) bond motifs is 1. The van der Waals surface area contributed by atoms with E-state index in [0.29, 0.717) is 17.5 Å². The topological polar surface area (TPSA) is 281 Å². The Hall–Kier alpha value is -4.45. The fraction of sp³-hybridized carbons (Fsp3) is 0.481. The quantitative estimate of drug-likeness (QED) is 0.0267. The molecule has 3 aromatic rings. The highest BCUT2D eigenvalue weighted by Crippen LogP contribution is 2.33. The second kappa shape index (κ2) is 14.2. The number of carboxylic acids is 1. The molecule has 0 saturated carbocycles. The number of ether oxygens (including phenoxy) is 1. The number of thiazole rings is 1. The molecule has 22 heteroatoms. The van der Waals surface area contributed by atoms with Crippen LogP contribution in [0.2, 0.25) is 0 Å². The highest BCUT2D eigenvalue weighted by atomic mass is 32.3. The molecule has 2 amide bonds. The lowest BCUT2D eigenvalue weighted by Gasteiger charge is -2.50. The molecule has 4 heterocycles. The number of nitrogens with one attached hydrogen (secondary N) is 2. The van der Waals surface area contributed by atoms with Crippen molar-refractivity contribution in [2.75, 3.05) is 32.0 Å². The van der Waals surface area contributed by atoms with E-state index >= 15 is 0 Å². The lowest BCUT2D eigenvalue weighted by molar-refractivity contribution is -0.779. The number of aliphatic hydroxyl groups excluding tert-OH is 2. The number of nitrogens with zero attached hydrogens (tertiary/aromatic N) is 5. The fourth-order valence-electron chi connectivity index (χ4n) is 5.14. The highest BCUT2D eigenvalue weighted by molar-refractivity contribution is 7.80. The predicted molar refractivity (Wildman–Crippen MR) is 168 cm³/mol. The van der Waals surface area contributed by atoms with E-state index in [1.54, 1.807) is 18.2 Å². The number of nitrogen functional groups attached to an aromatic ring is 1. The zero-order valence-electron chi connectivity index (χ0n) is 26.1. The van der Waals surface area contributed by atoms with Crippen LogP contribution in [-0.2, 0) is 47.0 Å². The molecule has 2 aliphatic heterocycles. The number of carbonyl (C=O) groups is 3. The molecule has 8 N–H and O–H groups in total. The van der Waals surface area contributed by atoms with Gasteiger partial charge in [0.2, 0.25) is 6.20 Å². The average molecular weight is 728 g/mol. The summed E-state index contributed by atoms with van der Waals surface area (Å²) in [6, 6.07) is 3.67. The Morgan fingerprint density at radius 3 is 2.63 bits per heavy atom. The molecule has 20 nitrogen and oxygen atoms in total. The summed E-state index contributed by atoms with van der Waals surface area (Å²) >= 11 is 0.946. The third-order valence-electron chi connectivity index (χ3n) is 7.83. The highest BCUT2D eigenvalue weighted by Gasteiger charge is 2.58. The monoisotopic (exact) mass is 727 g/mol. The number of anilines is 1. The number of nitrogens with two attached hydrogens (primary N) is 1. The van der Waals surface area contributed by atoms with Gasteiger partial charge in [-0.3, -0.25) is 14.1 Å². The van der Waals surface area contributed by atoms with Gasteiger partial charge < -0.3 is 41.3 Å². The molecule has 2 unspecified atom stereocenters. The molecule has 0 aliphatic carbocycles. The van der Waals surface area contributed by atoms with Crippen LogP contribution in [0.3, 0.4) is 0 Å². The molecular weight excluding hydrogens is 692 g/mol. The maximum Gasteiger partial charge on any atom is 0.418 e. The molecule has 2 aromatic heterocycles. The fourth-order valence-corrected chi connectivity index (χ4v) is 6.14. The second-order valence-corrected chi connectivity index (χ2v) is 13.8. The minimum absolute atomic E-state index is 0.0437. The lowest BCUT2D eigenvalue weighted by atomic mass is 9.84. The van der Waals surface area contributed by atoms with Crippen molar-refractivity contribution in [2.45, 2.75) is 50.7 Å². The maximum atomic E-state index is 13.3. The largest absolute Gasteiger partial charge is 0.489 e. The smallest absolute Gasteiger partial charge is 0.418 e. The molecule has 2 saturated heterocycles. The van der Waals surface area contributed by atoms with E-state index < -0.39 is 70.9 Å². The number of β-lactam (4-membered cyclic amide) rings is 1. The Bertz CT molecular complexity index is 1870. The van der Waals surface area contributed by atoms with Gasteiger partial charge in [0.15, 0.2) is 17.4 Å². The van der Waals surface area contributed by atoms with E-state index in [1.807, 2.05) is 15.6 Å². The summed E-state index contributed by atoms with van der Waals surface area (Å²) in [5.41, 5.74) is 4.37. The number of hydroxylamine groups is 2. The van der Waals surface area contributed by atoms with Gasteiger partial charge in [-0.15, -0.1) is 20.3 Å². The van der Waals surface area contributed by atoms with Crippen molar-refractivity contribution in [1.29, 1.82) is 0 Å². The Morgan fingerprint density at radius 1 is 1.33 bits per heavy atom. The normalized spacial score (nSPS) is 19.2. The first kappa shape index (κ1) is 35.8. The number of hydrogen-bond donors (Lipinski definition) is 7. The van der Waals surface area contributed by atoms with Crippen LogP contribution >= 0.6 is 11.3 Å². The van der Waals surface area contributed by atoms with Crippen LogP contribution in [-0.4, -0.2) is 117 Å². The number of oxime groups is 1. The SMILES string of the molecule is CC1(C)[C@H](NC(=O)/C(=N\OC(COc2ccc3c(c2)c[n+](CC2CNC2)n3CC(O)CO)C(=O)O)c2csc(N)n2)C(=O)N1OS(=O)(=O)O. The van der Waals surface area contributed by atoms with E-state index in [4.69, 9.17) is 19.9 Å². The zero-order valence-corrected chi connectivity index (χ0v) is 27.8. The number of benzene rings is 1. The molecule has 2 fully saturated rings. The Morgan fingerprint density at radius 2 is 2.06 bits per heavy atom. The van der Waals surface area contributed by atoms with Gasteiger partial charge >= 0.3 is 16.4 Å². The molecule has 0 radical (unpaired) electrons. The number of aliphatic hydroxyl groups is 2. The van der Waals surface area contributed by atoms with Crippen molar-refractivity contribution in [3.05, 3.63) is 35.5 Å². The summed E-state index contributed by atoms with van der Waals surface area (Å²) in [7, 11) is -5.03. The molecule has 49 heavy (non-hydrogen) atoms. The predicted octanol–water partition coefficient (Wildman–Crippen LogP) is -2.37. The summed E-state index contributed by atoms with van der Waals surface area (Å²) in [5.74, 6) is -2.84. The van der Waals surface area contributed by atoms with Crippen LogP contribution in [0.25, 0.3) is 10.9 Å². The molecule has 0 bridgehead atoms. The van der Waals surface area contributed by atoms with E-state index in [0.717, 1.165) is 35.3 Å². The number of rotatable bonds is 16. The van der Waals surface area contributed by atoms with Gasteiger partial charge in [0.25, 0.3) is 17.9 Å². The van der Waals surface area contributed by atoms with Crippen molar-refractivity contribution in [1.82, 2.24) is 25.4 Å². The van der Waals surface area contributed by atoms with E-state index in [-0.39, 0.29) is 23.1 Å². The standard InChI is InChI=1S/C27H34N8O12S2/c1-27(2)22(24(39)35(27)47-49(42,43)44)31-23(38)21(18-13-48-26(28)30-18)32-46-20(25(40)41)12-45-17-3-4-19-15(5-17)9-33(8-14-6-29-7-14)34(19)10-16(37)11-36/h3-5,9,13-14,16,20,22,29,36-37H,6-8,10-12H2,1-2H3,(H4-,28,30,31,38,40,41,42,43,44)/p+1/b32-21-/t16?,20?,22-/m1/s1. The minimum atomic E-state index is -5.03. The van der Waals surface area contributed by atoms with Crippen LogP contribution in [0, 0.1) is 5.92 Å². The van der Waals surface area contributed by atoms with Crippen LogP contribution in [0.15, 0.2) is 34.9 Å². The maximum absolute atomic E-state index is 13.3. The zero-order chi connectivity index (χ0) is 35.7. The van der Waals surface area contributed by atoms with Gasteiger partial charge in [-0.25, -0.2) is 9.78 Å². The molecule has 266 valence electrons. The summed E-state index contributed by atoms with van der Waals surface area (Å²) in [6.45, 7) is 4.27. The van der Waals surface area contributed by atoms with E-state index in [2.05, 4.69) is 25.1 Å². The Balaban J connectivity index is 1.31. The van der Waals surface area contributed by atoms with Crippen molar-refractivity contribution >= 4 is 61.3 Å². The first-order valence-electron chi connectivity index (χ1n) is 14.7. The number of amides is 2. The van der Waals surface area contributed by atoms with Crippen molar-refractivity contribution in [2.24, 2.45) is 11.1 Å². The molecule has 3 atom stereocenters. The third kappa shape index (κ3) is 8.07. The van der Waals surface area contributed by atoms with E-state index in [1.165, 1.54) is 19.2 Å². The van der Waals surface area contributed by atoms with Crippen LogP contribution in [0.4, 0.5) is 5.13 Å². The first-order valence-corrected chi connectivity index (χ1v) is 17.0. The molecule has 1 aromatic carbocycles. The Labute approximate surface area is 282 Å². The number of carboxylic acid groups (broad SMARTS) is 1. The van der Waals surface area contributed by atoms with Gasteiger partial charge in [-0.2, -0.15) is 18.2 Å². The summed E-state index contributed by atoms with van der Waals surface area (Å²) < 4.78 is 45.0. The van der Waals surface area contributed by atoms with Gasteiger partial charge in [-0.1, -0.05) is 5.16 Å². The van der Waals surface area contributed by atoms with Crippen molar-refractivity contribution in [3.63, 3.8) is 0 Å². The molecular formula is C27H35N8O12S2+. The van der Waals surface area contributed by atoms with Gasteiger partial charge in [0.1, 0.15) is 42.3 Å². The molecule has 5 rings (SSSR count). The average Bonchev–Trinajstić information content (AvgIpc) is 3.59. The Kier molecular flexibility index (Phi) is 10.4. The van der Waals surface area contributed by atoms with Gasteiger partial charge in [-0.05, 0) is 32.0 Å². The van der Waals surface area contributed by atoms with Gasteiger partial charge in [0, 0.05) is 24.4 Å². The van der Waals surface area contributed by atoms with E-state index in [9.17, 15) is 38.1 Å². The lowest BCUT2D eigenvalue weighted by Crippen LogP contribution is -2.76.